The number of fused-ring (bicyclic) bond motifs is 1. The highest BCUT2D eigenvalue weighted by molar-refractivity contribution is 5.83. The van der Waals surface area contributed by atoms with Gasteiger partial charge in [0.15, 0.2) is 0 Å². The molecule has 1 heterocycles. The van der Waals surface area contributed by atoms with Crippen molar-refractivity contribution in [3.05, 3.63) is 64.0 Å². The number of hydrogen-bond donors (Lipinski definition) is 2. The van der Waals surface area contributed by atoms with Gasteiger partial charge in [0.25, 0.3) is 0 Å². The molecule has 0 amide bonds. The van der Waals surface area contributed by atoms with Gasteiger partial charge >= 0.3 is 36.3 Å². The van der Waals surface area contributed by atoms with Crippen LogP contribution in [0.1, 0.15) is 91.2 Å². The molecule has 0 fully saturated rings. The summed E-state index contributed by atoms with van der Waals surface area (Å²) in [6.07, 6.45) is -20.4. The maximum atomic E-state index is 14.3. The van der Waals surface area contributed by atoms with Crippen LogP contribution >= 0.6 is 0 Å². The summed E-state index contributed by atoms with van der Waals surface area (Å²) in [4.78, 5) is 25.6. The average Bonchev–Trinajstić information content (AvgIpc) is 3.01. The van der Waals surface area contributed by atoms with Gasteiger partial charge in [0.05, 0.1) is 42.6 Å². The standard InChI is InChI=1S/C38H47F9N2O7/c1-7-8-9-10-23-11-14-26(28(19-23)37(43,44)45)27-20-24-12-13-25(21-29(24)54-30(27)50)52-17-15-35(39,40)55-38(46,47)56-36(41,42)16-18-53-31(51)34(6,33(4,5)49)22-32(2,3)48/h11-14,19-21H,7-10,15-18,22,48-49H2,1-6H3. The first-order valence-electron chi connectivity index (χ1n) is 17.7. The average molecular weight is 815 g/mol. The second-order valence-corrected chi connectivity index (χ2v) is 15.1. The molecule has 1 aromatic heterocycles. The van der Waals surface area contributed by atoms with Crippen molar-refractivity contribution < 1.29 is 67.7 Å². The van der Waals surface area contributed by atoms with E-state index in [1.807, 2.05) is 6.92 Å². The van der Waals surface area contributed by atoms with E-state index in [0.717, 1.165) is 31.0 Å². The lowest BCUT2D eigenvalue weighted by atomic mass is 9.67. The lowest BCUT2D eigenvalue weighted by Gasteiger charge is -2.42. The van der Waals surface area contributed by atoms with E-state index in [4.69, 9.17) is 25.4 Å². The number of esters is 1. The Morgan fingerprint density at radius 1 is 0.768 bits per heavy atom. The van der Waals surface area contributed by atoms with Crippen LogP contribution in [0.2, 0.25) is 0 Å². The molecule has 18 heteroatoms. The van der Waals surface area contributed by atoms with Gasteiger partial charge in [0, 0.05) is 28.1 Å². The van der Waals surface area contributed by atoms with Crippen molar-refractivity contribution in [3.8, 4) is 16.9 Å². The zero-order valence-corrected chi connectivity index (χ0v) is 31.8. The van der Waals surface area contributed by atoms with Crippen LogP contribution in [0.3, 0.4) is 0 Å². The second-order valence-electron chi connectivity index (χ2n) is 15.1. The Kier molecular flexibility index (Phi) is 14.4. The van der Waals surface area contributed by atoms with Crippen molar-refractivity contribution in [2.24, 2.45) is 16.9 Å². The normalized spacial score (nSPS) is 14.5. The first-order valence-corrected chi connectivity index (χ1v) is 17.7. The molecule has 1 unspecified atom stereocenters. The van der Waals surface area contributed by atoms with Gasteiger partial charge in [0.1, 0.15) is 11.3 Å². The molecule has 1 atom stereocenters. The number of ether oxygens (including phenoxy) is 4. The van der Waals surface area contributed by atoms with E-state index in [1.54, 1.807) is 13.8 Å². The first kappa shape index (κ1) is 46.5. The summed E-state index contributed by atoms with van der Waals surface area (Å²) < 4.78 is 149. The SMILES string of the molecule is CCCCCc1ccc(-c2cc3ccc(OCCC(F)(F)OC(F)(F)OC(F)(F)CCOC(=O)C(C)(CC(C)(C)N)C(C)(C)N)cc3oc2=O)c(C(F)(F)F)c1. The third kappa shape index (κ3) is 13.1. The summed E-state index contributed by atoms with van der Waals surface area (Å²) in [5, 5.41) is 0.144. The molecule has 3 aromatic rings. The molecule has 0 saturated heterocycles. The summed E-state index contributed by atoms with van der Waals surface area (Å²) in [7, 11) is 0. The Balaban J connectivity index is 1.62. The van der Waals surface area contributed by atoms with E-state index >= 15 is 0 Å². The van der Waals surface area contributed by atoms with E-state index in [1.165, 1.54) is 45.0 Å². The number of unbranched alkanes of at least 4 members (excludes halogenated alkanes) is 2. The number of carbonyl (C=O) groups excluding carboxylic acids is 1. The van der Waals surface area contributed by atoms with Crippen molar-refractivity contribution in [2.75, 3.05) is 13.2 Å². The van der Waals surface area contributed by atoms with Crippen molar-refractivity contribution in [2.45, 2.75) is 122 Å². The summed E-state index contributed by atoms with van der Waals surface area (Å²) in [5.74, 6) is -1.27. The maximum absolute atomic E-state index is 14.3. The Hall–Kier alpha value is -3.87. The summed E-state index contributed by atoms with van der Waals surface area (Å²) >= 11 is 0. The van der Waals surface area contributed by atoms with Gasteiger partial charge in [-0.2, -0.15) is 30.7 Å². The topological polar surface area (TPSA) is 136 Å². The summed E-state index contributed by atoms with van der Waals surface area (Å²) in [5.41, 5.74) is 5.72. The monoisotopic (exact) mass is 814 g/mol. The van der Waals surface area contributed by atoms with E-state index in [9.17, 15) is 49.1 Å². The third-order valence-electron chi connectivity index (χ3n) is 8.96. The largest absolute Gasteiger partial charge is 0.494 e. The van der Waals surface area contributed by atoms with Crippen LogP contribution in [0.5, 0.6) is 5.75 Å². The van der Waals surface area contributed by atoms with Gasteiger partial charge in [-0.25, -0.2) is 14.3 Å². The van der Waals surface area contributed by atoms with Gasteiger partial charge < -0.3 is 25.4 Å². The molecule has 0 saturated carbocycles. The molecule has 56 heavy (non-hydrogen) atoms. The fraction of sp³-hybridized carbons (Fsp3) is 0.579. The van der Waals surface area contributed by atoms with Gasteiger partial charge in [-0.05, 0) is 83.7 Å². The first-order chi connectivity index (χ1) is 25.5. The smallest absolute Gasteiger partial charge is 0.493 e. The molecule has 4 N–H and O–H groups in total. The molecule has 0 radical (unpaired) electrons. The molecular weight excluding hydrogens is 767 g/mol. The van der Waals surface area contributed by atoms with Crippen LogP contribution in [0.15, 0.2) is 51.7 Å². The lowest BCUT2D eigenvalue weighted by molar-refractivity contribution is -0.514. The number of halogens is 9. The van der Waals surface area contributed by atoms with Crippen LogP contribution < -0.4 is 21.8 Å². The number of hydrogen-bond acceptors (Lipinski definition) is 9. The predicted octanol–water partition coefficient (Wildman–Crippen LogP) is 9.55. The predicted molar refractivity (Wildman–Crippen MR) is 188 cm³/mol. The van der Waals surface area contributed by atoms with Crippen molar-refractivity contribution in [3.63, 3.8) is 0 Å². The van der Waals surface area contributed by atoms with E-state index in [0.29, 0.717) is 18.4 Å². The molecule has 2 aromatic carbocycles. The molecule has 3 rings (SSSR count). The molecule has 0 aliphatic carbocycles. The molecule has 0 aliphatic rings. The van der Waals surface area contributed by atoms with Crippen LogP contribution in [0, 0.1) is 5.41 Å². The minimum Gasteiger partial charge on any atom is -0.493 e. The lowest BCUT2D eigenvalue weighted by Crippen LogP contribution is -2.58. The Morgan fingerprint density at radius 2 is 1.38 bits per heavy atom. The number of carbonyl (C=O) groups is 1. The molecule has 314 valence electrons. The quantitative estimate of drug-likeness (QED) is 0.0376. The second kappa shape index (κ2) is 17.3. The molecule has 0 bridgehead atoms. The summed E-state index contributed by atoms with van der Waals surface area (Å²) in [6, 6.07) is 8.35. The van der Waals surface area contributed by atoms with E-state index < -0.39 is 90.0 Å². The number of benzene rings is 2. The minimum atomic E-state index is -5.53. The fourth-order valence-electron chi connectivity index (χ4n) is 5.82. The zero-order valence-electron chi connectivity index (χ0n) is 31.8. The molecule has 9 nitrogen and oxygen atoms in total. The fourth-order valence-corrected chi connectivity index (χ4v) is 5.82. The number of nitrogens with two attached hydrogens (primary N) is 2. The van der Waals surface area contributed by atoms with Gasteiger partial charge in [-0.3, -0.25) is 4.79 Å². The highest BCUT2D eigenvalue weighted by atomic mass is 19.4. The molecule has 0 spiro atoms. The number of aryl methyl sites for hydroxylation is 1. The minimum absolute atomic E-state index is 0.0399. The van der Waals surface area contributed by atoms with Crippen LogP contribution in [0.4, 0.5) is 39.5 Å². The number of rotatable bonds is 20. The van der Waals surface area contributed by atoms with Crippen LogP contribution in [-0.2, 0) is 31.6 Å². The van der Waals surface area contributed by atoms with Gasteiger partial charge in [-0.15, -0.1) is 8.78 Å². The third-order valence-corrected chi connectivity index (χ3v) is 8.96. The van der Waals surface area contributed by atoms with Gasteiger partial charge in [-0.1, -0.05) is 31.9 Å². The Bertz CT molecular complexity index is 1870. The highest BCUT2D eigenvalue weighted by Crippen LogP contribution is 2.40. The van der Waals surface area contributed by atoms with Crippen molar-refractivity contribution in [1.82, 2.24) is 0 Å². The molecular formula is C38H47F9N2O7. The van der Waals surface area contributed by atoms with Crippen molar-refractivity contribution in [1.29, 1.82) is 0 Å². The highest BCUT2D eigenvalue weighted by Gasteiger charge is 2.53. The van der Waals surface area contributed by atoms with E-state index in [2.05, 4.69) is 9.47 Å². The van der Waals surface area contributed by atoms with Crippen LogP contribution in [-0.4, -0.2) is 48.8 Å². The maximum Gasteiger partial charge on any atom is 0.494 e. The zero-order chi connectivity index (χ0) is 42.5. The molecule has 0 aliphatic heterocycles. The van der Waals surface area contributed by atoms with Crippen LogP contribution in [0.25, 0.3) is 22.1 Å². The van der Waals surface area contributed by atoms with Crippen molar-refractivity contribution >= 4 is 16.9 Å². The Morgan fingerprint density at radius 3 is 1.93 bits per heavy atom. The van der Waals surface area contributed by atoms with Gasteiger partial charge in [0.2, 0.25) is 0 Å². The Labute approximate surface area is 317 Å². The van der Waals surface area contributed by atoms with E-state index in [-0.39, 0.29) is 28.7 Å². The summed E-state index contributed by atoms with van der Waals surface area (Å²) in [6.45, 7) is 7.31. The number of alkyl halides is 9.